The molecule has 22 heavy (non-hydrogen) atoms. The number of nitriles is 1. The Labute approximate surface area is 130 Å². The van der Waals surface area contributed by atoms with Crippen molar-refractivity contribution in [3.05, 3.63) is 29.3 Å². The van der Waals surface area contributed by atoms with Gasteiger partial charge in [-0.15, -0.1) is 0 Å². The molecule has 2 rings (SSSR count). The largest absolute Gasteiger partial charge is 0.504 e. The standard InChI is InChI=1S/C17H20N2O3/c1-22-16-10-12(7-8-15(16)20)9-13(11-18)17(21)19-14-5-3-2-4-6-14/h7-10,14,20H,2-6H2,1H3,(H,19,21). The Morgan fingerprint density at radius 1 is 1.41 bits per heavy atom. The fraction of sp³-hybridized carbons (Fsp3) is 0.412. The van der Waals surface area contributed by atoms with Gasteiger partial charge in [-0.25, -0.2) is 0 Å². The summed E-state index contributed by atoms with van der Waals surface area (Å²) in [5.74, 6) is -0.0232. The summed E-state index contributed by atoms with van der Waals surface area (Å²) >= 11 is 0. The molecule has 1 aliphatic carbocycles. The molecule has 5 nitrogen and oxygen atoms in total. The van der Waals surface area contributed by atoms with Crippen molar-refractivity contribution in [3.63, 3.8) is 0 Å². The van der Waals surface area contributed by atoms with E-state index < -0.39 is 0 Å². The predicted molar refractivity (Wildman–Crippen MR) is 83.3 cm³/mol. The maximum absolute atomic E-state index is 12.2. The molecular formula is C17H20N2O3. The second kappa shape index (κ2) is 7.51. The minimum Gasteiger partial charge on any atom is -0.504 e. The lowest BCUT2D eigenvalue weighted by Crippen LogP contribution is -2.36. The Kier molecular flexibility index (Phi) is 5.42. The van der Waals surface area contributed by atoms with Gasteiger partial charge in [0.15, 0.2) is 11.5 Å². The van der Waals surface area contributed by atoms with Crippen LogP contribution in [-0.2, 0) is 4.79 Å². The molecule has 0 saturated heterocycles. The SMILES string of the molecule is COc1cc(C=C(C#N)C(=O)NC2CCCCC2)ccc1O. The first kappa shape index (κ1) is 15.9. The van der Waals surface area contributed by atoms with Crippen molar-refractivity contribution >= 4 is 12.0 Å². The van der Waals surface area contributed by atoms with E-state index in [4.69, 9.17) is 4.74 Å². The first-order valence-electron chi connectivity index (χ1n) is 7.43. The molecule has 1 fully saturated rings. The third-order valence-electron chi connectivity index (χ3n) is 3.82. The lowest BCUT2D eigenvalue weighted by Gasteiger charge is -2.22. The summed E-state index contributed by atoms with van der Waals surface area (Å²) in [5.41, 5.74) is 0.684. The zero-order valence-corrected chi connectivity index (χ0v) is 12.6. The highest BCUT2D eigenvalue weighted by Crippen LogP contribution is 2.27. The average Bonchev–Trinajstić information content (AvgIpc) is 2.54. The highest BCUT2D eigenvalue weighted by atomic mass is 16.5. The molecule has 0 atom stereocenters. The minimum absolute atomic E-state index is 0.0183. The van der Waals surface area contributed by atoms with Crippen molar-refractivity contribution < 1.29 is 14.6 Å². The van der Waals surface area contributed by atoms with Gasteiger partial charge in [-0.1, -0.05) is 25.3 Å². The van der Waals surface area contributed by atoms with E-state index >= 15 is 0 Å². The van der Waals surface area contributed by atoms with Crippen molar-refractivity contribution in [1.29, 1.82) is 5.26 Å². The molecule has 0 aliphatic heterocycles. The Morgan fingerprint density at radius 2 is 2.14 bits per heavy atom. The molecular weight excluding hydrogens is 280 g/mol. The molecule has 0 bridgehead atoms. The van der Waals surface area contributed by atoms with Gasteiger partial charge in [-0.2, -0.15) is 5.26 Å². The second-order valence-corrected chi connectivity index (χ2v) is 5.41. The van der Waals surface area contributed by atoms with Crippen LogP contribution < -0.4 is 10.1 Å². The molecule has 1 aliphatic rings. The van der Waals surface area contributed by atoms with Gasteiger partial charge in [0.05, 0.1) is 7.11 Å². The smallest absolute Gasteiger partial charge is 0.262 e. The first-order chi connectivity index (χ1) is 10.6. The minimum atomic E-state index is -0.346. The van der Waals surface area contributed by atoms with E-state index in [1.807, 2.05) is 6.07 Å². The Morgan fingerprint density at radius 3 is 2.77 bits per heavy atom. The predicted octanol–water partition coefficient (Wildman–Crippen LogP) is 2.76. The van der Waals surface area contributed by atoms with E-state index in [2.05, 4.69) is 5.32 Å². The monoisotopic (exact) mass is 300 g/mol. The van der Waals surface area contributed by atoms with Gasteiger partial charge in [0.2, 0.25) is 0 Å². The van der Waals surface area contributed by atoms with Gasteiger partial charge < -0.3 is 15.2 Å². The molecule has 2 N–H and O–H groups in total. The van der Waals surface area contributed by atoms with Crippen molar-refractivity contribution in [2.24, 2.45) is 0 Å². The van der Waals surface area contributed by atoms with Gasteiger partial charge in [-0.05, 0) is 36.6 Å². The maximum atomic E-state index is 12.2. The van der Waals surface area contributed by atoms with Crippen LogP contribution in [0.2, 0.25) is 0 Å². The molecule has 1 aromatic carbocycles. The molecule has 0 radical (unpaired) electrons. The van der Waals surface area contributed by atoms with E-state index in [1.165, 1.54) is 25.7 Å². The van der Waals surface area contributed by atoms with Crippen LogP contribution in [0.1, 0.15) is 37.7 Å². The zero-order valence-electron chi connectivity index (χ0n) is 12.6. The number of nitrogens with zero attached hydrogens (tertiary/aromatic N) is 1. The fourth-order valence-electron chi connectivity index (χ4n) is 2.61. The van der Waals surface area contributed by atoms with Gasteiger partial charge >= 0.3 is 0 Å². The van der Waals surface area contributed by atoms with Crippen LogP contribution >= 0.6 is 0 Å². The number of phenols is 1. The van der Waals surface area contributed by atoms with Crippen molar-refractivity contribution in [2.45, 2.75) is 38.1 Å². The van der Waals surface area contributed by atoms with Crippen LogP contribution in [-0.4, -0.2) is 24.2 Å². The molecule has 1 saturated carbocycles. The number of carbonyl (C=O) groups excluding carboxylic acids is 1. The van der Waals surface area contributed by atoms with Crippen LogP contribution in [0, 0.1) is 11.3 Å². The average molecular weight is 300 g/mol. The maximum Gasteiger partial charge on any atom is 0.262 e. The number of hydrogen-bond acceptors (Lipinski definition) is 4. The summed E-state index contributed by atoms with van der Waals surface area (Å²) in [6, 6.07) is 6.78. The number of benzene rings is 1. The van der Waals surface area contributed by atoms with E-state index in [-0.39, 0.29) is 23.3 Å². The second-order valence-electron chi connectivity index (χ2n) is 5.41. The first-order valence-corrected chi connectivity index (χ1v) is 7.43. The summed E-state index contributed by atoms with van der Waals surface area (Å²) in [6.07, 6.45) is 6.88. The van der Waals surface area contributed by atoms with Crippen LogP contribution in [0.5, 0.6) is 11.5 Å². The Bertz CT molecular complexity index is 611. The molecule has 0 spiro atoms. The number of carbonyl (C=O) groups is 1. The summed E-state index contributed by atoms with van der Waals surface area (Å²) in [5, 5.41) is 21.7. The quantitative estimate of drug-likeness (QED) is 0.661. The molecule has 116 valence electrons. The molecule has 0 aromatic heterocycles. The van der Waals surface area contributed by atoms with Crippen molar-refractivity contribution in [1.82, 2.24) is 5.32 Å². The highest BCUT2D eigenvalue weighted by Gasteiger charge is 2.18. The van der Waals surface area contributed by atoms with Gasteiger partial charge in [0.1, 0.15) is 11.6 Å². The number of nitrogens with one attached hydrogen (secondary N) is 1. The normalized spacial score (nSPS) is 15.9. The molecule has 0 heterocycles. The lowest BCUT2D eigenvalue weighted by molar-refractivity contribution is -0.117. The van der Waals surface area contributed by atoms with E-state index in [9.17, 15) is 15.2 Å². The van der Waals surface area contributed by atoms with Crippen LogP contribution in [0.15, 0.2) is 23.8 Å². The molecule has 5 heteroatoms. The van der Waals surface area contributed by atoms with E-state index in [0.717, 1.165) is 25.7 Å². The molecule has 0 unspecified atom stereocenters. The van der Waals surface area contributed by atoms with Crippen LogP contribution in [0.25, 0.3) is 6.08 Å². The zero-order chi connectivity index (χ0) is 15.9. The molecule has 1 aromatic rings. The summed E-state index contributed by atoms with van der Waals surface area (Å²) < 4.78 is 5.02. The number of ether oxygens (including phenoxy) is 1. The topological polar surface area (TPSA) is 82.3 Å². The highest BCUT2D eigenvalue weighted by molar-refractivity contribution is 6.01. The van der Waals surface area contributed by atoms with E-state index in [1.54, 1.807) is 12.1 Å². The van der Waals surface area contributed by atoms with Gasteiger partial charge in [-0.3, -0.25) is 4.79 Å². The van der Waals surface area contributed by atoms with Crippen LogP contribution in [0.3, 0.4) is 0 Å². The third-order valence-corrected chi connectivity index (χ3v) is 3.82. The number of hydrogen-bond donors (Lipinski definition) is 2. The van der Waals surface area contributed by atoms with Gasteiger partial charge in [0, 0.05) is 6.04 Å². The summed E-state index contributed by atoms with van der Waals surface area (Å²) in [6.45, 7) is 0. The Balaban J connectivity index is 2.12. The number of amides is 1. The van der Waals surface area contributed by atoms with Crippen LogP contribution in [0.4, 0.5) is 0 Å². The number of phenolic OH excluding ortho intramolecular Hbond substituents is 1. The molecule has 1 amide bonds. The van der Waals surface area contributed by atoms with Gasteiger partial charge in [0.25, 0.3) is 5.91 Å². The number of rotatable bonds is 4. The lowest BCUT2D eigenvalue weighted by atomic mass is 9.95. The van der Waals surface area contributed by atoms with Crippen molar-refractivity contribution in [2.75, 3.05) is 7.11 Å². The third kappa shape index (κ3) is 4.01. The Hall–Kier alpha value is -2.48. The van der Waals surface area contributed by atoms with E-state index in [0.29, 0.717) is 11.3 Å². The fourth-order valence-corrected chi connectivity index (χ4v) is 2.61. The number of aromatic hydroxyl groups is 1. The number of methoxy groups -OCH3 is 1. The summed E-state index contributed by atoms with van der Waals surface area (Å²) in [7, 11) is 1.45. The van der Waals surface area contributed by atoms with Crippen molar-refractivity contribution in [3.8, 4) is 17.6 Å². The summed E-state index contributed by atoms with van der Waals surface area (Å²) in [4.78, 5) is 12.2.